The van der Waals surface area contributed by atoms with E-state index in [4.69, 9.17) is 4.74 Å². The highest BCUT2D eigenvalue weighted by molar-refractivity contribution is 9.10. The van der Waals surface area contributed by atoms with Crippen molar-refractivity contribution >= 4 is 32.5 Å². The van der Waals surface area contributed by atoms with Gasteiger partial charge >= 0.3 is 0 Å². The molecular formula is C16H16BrFN2O. The van der Waals surface area contributed by atoms with Crippen LogP contribution >= 0.6 is 15.9 Å². The van der Waals surface area contributed by atoms with Crippen molar-refractivity contribution in [2.45, 2.75) is 24.4 Å². The van der Waals surface area contributed by atoms with E-state index in [1.54, 1.807) is 7.11 Å². The molecule has 2 aliphatic rings. The molecule has 5 heteroatoms. The van der Waals surface area contributed by atoms with E-state index >= 15 is 0 Å². The van der Waals surface area contributed by atoms with E-state index in [-0.39, 0.29) is 11.2 Å². The van der Waals surface area contributed by atoms with Crippen LogP contribution in [0, 0.1) is 5.82 Å². The van der Waals surface area contributed by atoms with Crippen LogP contribution < -0.4 is 4.90 Å². The first kappa shape index (κ1) is 13.5. The van der Waals surface area contributed by atoms with Gasteiger partial charge in [0.1, 0.15) is 5.82 Å². The number of likely N-dealkylation sites (N-methyl/N-ethyl adjacent to an activating group) is 1. The Morgan fingerprint density at radius 2 is 2.19 bits per heavy atom. The molecule has 1 aromatic heterocycles. The summed E-state index contributed by atoms with van der Waals surface area (Å²) in [6.07, 6.45) is 4.25. The monoisotopic (exact) mass is 350 g/mol. The Balaban J connectivity index is 1.95. The Kier molecular flexibility index (Phi) is 2.82. The molecule has 21 heavy (non-hydrogen) atoms. The number of methoxy groups -OCH3 is 1. The zero-order chi connectivity index (χ0) is 14.8. The summed E-state index contributed by atoms with van der Waals surface area (Å²) < 4.78 is 19.7. The van der Waals surface area contributed by atoms with Crippen LogP contribution in [-0.4, -0.2) is 31.8 Å². The molecule has 0 saturated heterocycles. The number of ether oxygens (including phenoxy) is 1. The van der Waals surface area contributed by atoms with Crippen molar-refractivity contribution in [3.8, 4) is 0 Å². The average Bonchev–Trinajstić information content (AvgIpc) is 2.72. The smallest absolute Gasteiger partial charge is 0.139 e. The van der Waals surface area contributed by atoms with Crippen molar-refractivity contribution in [1.82, 2.24) is 4.98 Å². The van der Waals surface area contributed by atoms with Gasteiger partial charge in [-0.2, -0.15) is 0 Å². The summed E-state index contributed by atoms with van der Waals surface area (Å²) in [4.78, 5) is 6.69. The molecule has 1 saturated carbocycles. The van der Waals surface area contributed by atoms with Crippen LogP contribution in [0.25, 0.3) is 10.9 Å². The number of rotatable bonds is 1. The van der Waals surface area contributed by atoms with Gasteiger partial charge in [-0.05, 0) is 40.4 Å². The molecule has 0 N–H and O–H groups in total. The zero-order valence-electron chi connectivity index (χ0n) is 12.0. The molecule has 4 rings (SSSR count). The van der Waals surface area contributed by atoms with Crippen molar-refractivity contribution in [2.75, 3.05) is 25.6 Å². The molecule has 0 unspecified atom stereocenters. The molecular weight excluding hydrogens is 335 g/mol. The molecule has 3 nitrogen and oxygen atoms in total. The first-order valence-corrected chi connectivity index (χ1v) is 7.85. The number of nitrogens with zero attached hydrogens (tertiary/aromatic N) is 2. The van der Waals surface area contributed by atoms with Gasteiger partial charge in [-0.1, -0.05) is 0 Å². The molecule has 2 heterocycles. The molecule has 1 fully saturated rings. The van der Waals surface area contributed by atoms with Crippen LogP contribution in [0.2, 0.25) is 0 Å². The topological polar surface area (TPSA) is 25.4 Å². The number of fused-ring (bicyclic) bond motifs is 4. The summed E-state index contributed by atoms with van der Waals surface area (Å²) in [5, 5.41) is 1.06. The number of pyridine rings is 1. The van der Waals surface area contributed by atoms with E-state index < -0.39 is 0 Å². The summed E-state index contributed by atoms with van der Waals surface area (Å²) in [5.74, 6) is -0.265. The first-order valence-electron chi connectivity index (χ1n) is 7.06. The van der Waals surface area contributed by atoms with E-state index in [2.05, 4.69) is 32.9 Å². The maximum absolute atomic E-state index is 13.8. The molecule has 0 bridgehead atoms. The molecule has 1 aliphatic carbocycles. The molecule has 1 aromatic carbocycles. The fraction of sp³-hybridized carbons (Fsp3) is 0.438. The molecule has 110 valence electrons. The van der Waals surface area contributed by atoms with Crippen LogP contribution in [0.5, 0.6) is 0 Å². The Morgan fingerprint density at radius 3 is 2.90 bits per heavy atom. The maximum Gasteiger partial charge on any atom is 0.139 e. The minimum absolute atomic E-state index is 0.128. The minimum Gasteiger partial charge on any atom is -0.381 e. The van der Waals surface area contributed by atoms with E-state index in [1.807, 2.05) is 12.3 Å². The molecule has 0 atom stereocenters. The number of aromatic nitrogens is 1. The molecule has 2 aromatic rings. The van der Waals surface area contributed by atoms with Gasteiger partial charge < -0.3 is 9.64 Å². The molecule has 0 radical (unpaired) electrons. The second-order valence-electron chi connectivity index (χ2n) is 6.20. The number of benzene rings is 1. The lowest BCUT2D eigenvalue weighted by Crippen LogP contribution is -2.48. The van der Waals surface area contributed by atoms with Gasteiger partial charge in [0.05, 0.1) is 28.0 Å². The summed E-state index contributed by atoms with van der Waals surface area (Å²) in [5.41, 5.74) is 3.33. The third kappa shape index (κ3) is 1.77. The van der Waals surface area contributed by atoms with Crippen molar-refractivity contribution in [3.05, 3.63) is 34.2 Å². The van der Waals surface area contributed by atoms with Crippen LogP contribution in [0.15, 0.2) is 22.8 Å². The third-order valence-electron chi connectivity index (χ3n) is 4.94. The van der Waals surface area contributed by atoms with Gasteiger partial charge in [0.15, 0.2) is 0 Å². The van der Waals surface area contributed by atoms with E-state index in [9.17, 15) is 4.39 Å². The highest BCUT2D eigenvalue weighted by Gasteiger charge is 2.52. The number of anilines is 1. The summed E-state index contributed by atoms with van der Waals surface area (Å²) in [6.45, 7) is 0.984. The van der Waals surface area contributed by atoms with E-state index in [1.165, 1.54) is 11.6 Å². The number of hydrogen-bond acceptors (Lipinski definition) is 3. The number of halogens is 2. The molecule has 1 aliphatic heterocycles. The molecule has 0 amide bonds. The number of hydrogen-bond donors (Lipinski definition) is 0. The fourth-order valence-electron chi connectivity index (χ4n) is 3.95. The lowest BCUT2D eigenvalue weighted by Gasteiger charge is -2.45. The van der Waals surface area contributed by atoms with Crippen molar-refractivity contribution in [1.29, 1.82) is 0 Å². The second-order valence-corrected chi connectivity index (χ2v) is 7.06. The fourth-order valence-corrected chi connectivity index (χ4v) is 4.30. The predicted molar refractivity (Wildman–Crippen MR) is 84.4 cm³/mol. The van der Waals surface area contributed by atoms with Crippen LogP contribution in [-0.2, 0) is 10.2 Å². The minimum atomic E-state index is -0.265. The first-order chi connectivity index (χ1) is 10.0. The highest BCUT2D eigenvalue weighted by atomic mass is 79.9. The van der Waals surface area contributed by atoms with Gasteiger partial charge in [0.25, 0.3) is 0 Å². The van der Waals surface area contributed by atoms with Gasteiger partial charge in [0.2, 0.25) is 0 Å². The molecule has 1 spiro atoms. The third-order valence-corrected chi connectivity index (χ3v) is 5.55. The van der Waals surface area contributed by atoms with Gasteiger partial charge in [0, 0.05) is 37.6 Å². The summed E-state index contributed by atoms with van der Waals surface area (Å²) >= 11 is 3.30. The van der Waals surface area contributed by atoms with Crippen molar-refractivity contribution in [2.24, 2.45) is 0 Å². The lowest BCUT2D eigenvalue weighted by molar-refractivity contribution is -0.0115. The standard InChI is InChI=1S/C16H16BrFN2O/c1-20-8-16(5-9(6-16)21-2)15-10-3-11(17)12(18)4-13(10)19-7-14(15)20/h3-4,7,9H,5-6,8H2,1-2H3. The lowest BCUT2D eigenvalue weighted by atomic mass is 9.63. The summed E-state index contributed by atoms with van der Waals surface area (Å²) in [7, 11) is 3.87. The Hall–Kier alpha value is -1.20. The van der Waals surface area contributed by atoms with Crippen LogP contribution in [0.1, 0.15) is 18.4 Å². The SMILES string of the molecule is COC1CC2(C1)CN(C)c1cnc3cc(F)c(Br)cc3c12. The Morgan fingerprint density at radius 1 is 1.43 bits per heavy atom. The van der Waals surface area contributed by atoms with Crippen molar-refractivity contribution in [3.63, 3.8) is 0 Å². The van der Waals surface area contributed by atoms with Gasteiger partial charge in [-0.15, -0.1) is 0 Å². The Labute approximate surface area is 131 Å². The van der Waals surface area contributed by atoms with E-state index in [0.717, 1.165) is 36.0 Å². The summed E-state index contributed by atoms with van der Waals surface area (Å²) in [6, 6.07) is 3.38. The average molecular weight is 351 g/mol. The largest absolute Gasteiger partial charge is 0.381 e. The van der Waals surface area contributed by atoms with Crippen LogP contribution in [0.3, 0.4) is 0 Å². The Bertz CT molecular complexity index is 743. The second kappa shape index (κ2) is 4.40. The van der Waals surface area contributed by atoms with Crippen molar-refractivity contribution < 1.29 is 9.13 Å². The normalized spacial score (nSPS) is 27.2. The zero-order valence-corrected chi connectivity index (χ0v) is 13.6. The van der Waals surface area contributed by atoms with Crippen LogP contribution in [0.4, 0.5) is 10.1 Å². The predicted octanol–water partition coefficient (Wildman–Crippen LogP) is 3.63. The van der Waals surface area contributed by atoms with E-state index in [0.29, 0.717) is 10.6 Å². The quantitative estimate of drug-likeness (QED) is 0.785. The van der Waals surface area contributed by atoms with Gasteiger partial charge in [-0.3, -0.25) is 4.98 Å². The maximum atomic E-state index is 13.8. The van der Waals surface area contributed by atoms with Gasteiger partial charge in [-0.25, -0.2) is 4.39 Å². The highest BCUT2D eigenvalue weighted by Crippen LogP contribution is 2.55.